The van der Waals surface area contributed by atoms with E-state index in [1.807, 2.05) is 50.2 Å². The summed E-state index contributed by atoms with van der Waals surface area (Å²) in [4.78, 5) is 26.5. The smallest absolute Gasteiger partial charge is 0.226 e. The maximum Gasteiger partial charge on any atom is 0.226 e. The first-order valence-corrected chi connectivity index (χ1v) is 9.63. The van der Waals surface area contributed by atoms with Crippen LogP contribution in [0.15, 0.2) is 36.4 Å². The third-order valence-electron chi connectivity index (χ3n) is 5.07. The maximum atomic E-state index is 12.6. The molecule has 0 aromatic heterocycles. The topological polar surface area (TPSA) is 49.4 Å². The molecule has 144 valence electrons. The molecule has 0 heterocycles. The van der Waals surface area contributed by atoms with Gasteiger partial charge < -0.3 is 10.2 Å². The van der Waals surface area contributed by atoms with Crippen molar-refractivity contribution in [1.29, 1.82) is 0 Å². The Labute approximate surface area is 162 Å². The number of anilines is 2. The maximum absolute atomic E-state index is 12.6. The fraction of sp³-hybridized carbons (Fsp3) is 0.391. The van der Waals surface area contributed by atoms with E-state index in [2.05, 4.69) is 19.2 Å². The first kappa shape index (κ1) is 20.7. The van der Waals surface area contributed by atoms with E-state index < -0.39 is 0 Å². The zero-order valence-electron chi connectivity index (χ0n) is 17.1. The summed E-state index contributed by atoms with van der Waals surface area (Å²) in [7, 11) is 0. The van der Waals surface area contributed by atoms with Gasteiger partial charge in [0.2, 0.25) is 11.8 Å². The molecule has 0 aliphatic rings. The van der Waals surface area contributed by atoms with Crippen molar-refractivity contribution in [3.05, 3.63) is 58.7 Å². The normalized spacial score (nSPS) is 10.6. The zero-order chi connectivity index (χ0) is 20.0. The van der Waals surface area contributed by atoms with Gasteiger partial charge in [-0.15, -0.1) is 0 Å². The number of carbonyl (C=O) groups is 2. The van der Waals surface area contributed by atoms with E-state index in [9.17, 15) is 9.59 Å². The molecule has 0 saturated carbocycles. The minimum Gasteiger partial charge on any atom is -0.326 e. The first-order chi connectivity index (χ1) is 12.9. The van der Waals surface area contributed by atoms with Crippen LogP contribution in [0.5, 0.6) is 0 Å². The van der Waals surface area contributed by atoms with Gasteiger partial charge in [-0.3, -0.25) is 9.59 Å². The van der Waals surface area contributed by atoms with Gasteiger partial charge in [-0.1, -0.05) is 44.2 Å². The highest BCUT2D eigenvalue weighted by Crippen LogP contribution is 2.25. The van der Waals surface area contributed by atoms with Crippen molar-refractivity contribution in [2.45, 2.75) is 53.9 Å². The van der Waals surface area contributed by atoms with Crippen LogP contribution in [0.25, 0.3) is 0 Å². The molecule has 0 atom stereocenters. The van der Waals surface area contributed by atoms with Gasteiger partial charge in [0.25, 0.3) is 0 Å². The summed E-state index contributed by atoms with van der Waals surface area (Å²) in [5.41, 5.74) is 6.28. The number of rotatable bonds is 7. The van der Waals surface area contributed by atoms with E-state index in [-0.39, 0.29) is 18.2 Å². The third kappa shape index (κ3) is 4.97. The Balaban J connectivity index is 2.14. The number of nitrogens with one attached hydrogen (secondary N) is 1. The lowest BCUT2D eigenvalue weighted by atomic mass is 10.0. The lowest BCUT2D eigenvalue weighted by Crippen LogP contribution is -2.32. The van der Waals surface area contributed by atoms with Gasteiger partial charge in [-0.25, -0.2) is 0 Å². The second kappa shape index (κ2) is 9.36. The van der Waals surface area contributed by atoms with Crippen LogP contribution in [0.2, 0.25) is 0 Å². The number of amides is 2. The Bertz CT molecular complexity index is 805. The molecule has 2 amide bonds. The van der Waals surface area contributed by atoms with Crippen LogP contribution in [0, 0.1) is 13.8 Å². The minimum absolute atomic E-state index is 0.0558. The number of benzene rings is 2. The summed E-state index contributed by atoms with van der Waals surface area (Å²) in [5, 5.41) is 3.08. The molecule has 0 aliphatic heterocycles. The Morgan fingerprint density at radius 1 is 0.963 bits per heavy atom. The molecule has 0 radical (unpaired) electrons. The molecule has 4 heteroatoms. The molecule has 0 spiro atoms. The van der Waals surface area contributed by atoms with Crippen molar-refractivity contribution >= 4 is 23.2 Å². The SMILES string of the molecule is CCc1cccc(CC)c1NC(=O)CCN(C(C)=O)c1cccc(C)c1C. The molecular formula is C23H30N2O2. The van der Waals surface area contributed by atoms with E-state index in [4.69, 9.17) is 0 Å². The average Bonchev–Trinajstić information content (AvgIpc) is 2.65. The molecule has 4 nitrogen and oxygen atoms in total. The predicted octanol–water partition coefficient (Wildman–Crippen LogP) is 4.81. The lowest BCUT2D eigenvalue weighted by molar-refractivity contribution is -0.117. The van der Waals surface area contributed by atoms with Crippen LogP contribution < -0.4 is 10.2 Å². The second-order valence-corrected chi connectivity index (χ2v) is 6.85. The minimum atomic E-state index is -0.0674. The summed E-state index contributed by atoms with van der Waals surface area (Å²) < 4.78 is 0. The highest BCUT2D eigenvalue weighted by Gasteiger charge is 2.17. The molecule has 2 aromatic carbocycles. The van der Waals surface area contributed by atoms with Gasteiger partial charge in [0, 0.05) is 31.3 Å². The van der Waals surface area contributed by atoms with Crippen molar-refractivity contribution in [3.63, 3.8) is 0 Å². The van der Waals surface area contributed by atoms with Crippen LogP contribution in [0.1, 0.15) is 49.4 Å². The van der Waals surface area contributed by atoms with Gasteiger partial charge in [-0.05, 0) is 55.0 Å². The number of hydrogen-bond donors (Lipinski definition) is 1. The van der Waals surface area contributed by atoms with E-state index in [1.165, 1.54) is 0 Å². The number of nitrogens with zero attached hydrogens (tertiary/aromatic N) is 1. The van der Waals surface area contributed by atoms with Crippen LogP contribution in [-0.4, -0.2) is 18.4 Å². The Kier molecular flexibility index (Phi) is 7.17. The van der Waals surface area contributed by atoms with Crippen molar-refractivity contribution in [2.75, 3.05) is 16.8 Å². The third-order valence-corrected chi connectivity index (χ3v) is 5.07. The van der Waals surface area contributed by atoms with Crippen molar-refractivity contribution in [1.82, 2.24) is 0 Å². The van der Waals surface area contributed by atoms with Gasteiger partial charge in [0.15, 0.2) is 0 Å². The van der Waals surface area contributed by atoms with E-state index in [1.54, 1.807) is 11.8 Å². The molecule has 0 aliphatic carbocycles. The second-order valence-electron chi connectivity index (χ2n) is 6.85. The first-order valence-electron chi connectivity index (χ1n) is 9.63. The number of para-hydroxylation sites is 1. The predicted molar refractivity (Wildman–Crippen MR) is 112 cm³/mol. The standard InChI is InChI=1S/C23H30N2O2/c1-6-19-11-9-12-20(7-2)23(19)24-22(27)14-15-25(18(5)26)21-13-8-10-16(3)17(21)4/h8-13H,6-7,14-15H2,1-5H3,(H,24,27). The van der Waals surface area contributed by atoms with Crippen LogP contribution >= 0.6 is 0 Å². The van der Waals surface area contributed by atoms with E-state index in [0.29, 0.717) is 6.54 Å². The van der Waals surface area contributed by atoms with Crippen LogP contribution in [-0.2, 0) is 22.4 Å². The van der Waals surface area contributed by atoms with Gasteiger partial charge in [0.05, 0.1) is 0 Å². The van der Waals surface area contributed by atoms with E-state index >= 15 is 0 Å². The molecule has 0 saturated heterocycles. The van der Waals surface area contributed by atoms with Crippen LogP contribution in [0.3, 0.4) is 0 Å². The number of carbonyl (C=O) groups excluding carboxylic acids is 2. The number of hydrogen-bond acceptors (Lipinski definition) is 2. The van der Waals surface area contributed by atoms with Crippen molar-refractivity contribution < 1.29 is 9.59 Å². The Morgan fingerprint density at radius 3 is 2.11 bits per heavy atom. The van der Waals surface area contributed by atoms with Gasteiger partial charge >= 0.3 is 0 Å². The Hall–Kier alpha value is -2.62. The fourth-order valence-electron chi connectivity index (χ4n) is 3.29. The molecule has 0 unspecified atom stereocenters. The summed E-state index contributed by atoms with van der Waals surface area (Å²) >= 11 is 0. The van der Waals surface area contributed by atoms with E-state index in [0.717, 1.165) is 46.5 Å². The summed E-state index contributed by atoms with van der Waals surface area (Å²) in [6.07, 6.45) is 1.99. The molecule has 2 rings (SSSR count). The lowest BCUT2D eigenvalue weighted by Gasteiger charge is -2.24. The van der Waals surface area contributed by atoms with Crippen LogP contribution in [0.4, 0.5) is 11.4 Å². The molecule has 27 heavy (non-hydrogen) atoms. The largest absolute Gasteiger partial charge is 0.326 e. The average molecular weight is 367 g/mol. The molecule has 0 fully saturated rings. The summed E-state index contributed by atoms with van der Waals surface area (Å²) in [6, 6.07) is 12.0. The molecule has 2 aromatic rings. The van der Waals surface area contributed by atoms with Gasteiger partial charge in [0.1, 0.15) is 0 Å². The fourth-order valence-corrected chi connectivity index (χ4v) is 3.29. The monoisotopic (exact) mass is 366 g/mol. The quantitative estimate of drug-likeness (QED) is 0.764. The Morgan fingerprint density at radius 2 is 1.56 bits per heavy atom. The van der Waals surface area contributed by atoms with Crippen molar-refractivity contribution in [2.24, 2.45) is 0 Å². The highest BCUT2D eigenvalue weighted by molar-refractivity contribution is 5.96. The molecule has 0 bridgehead atoms. The summed E-state index contributed by atoms with van der Waals surface area (Å²) in [5.74, 6) is -0.123. The van der Waals surface area contributed by atoms with Gasteiger partial charge in [-0.2, -0.15) is 0 Å². The molecule has 1 N–H and O–H groups in total. The zero-order valence-corrected chi connectivity index (χ0v) is 17.1. The van der Waals surface area contributed by atoms with Crippen molar-refractivity contribution in [3.8, 4) is 0 Å². The summed E-state index contributed by atoms with van der Waals surface area (Å²) in [6.45, 7) is 10.1. The highest BCUT2D eigenvalue weighted by atomic mass is 16.2. The molecular weight excluding hydrogens is 336 g/mol. The number of aryl methyl sites for hydroxylation is 3.